The molecule has 0 radical (unpaired) electrons. The van der Waals surface area contributed by atoms with Crippen molar-refractivity contribution in [1.29, 1.82) is 0 Å². The molecule has 1 fully saturated rings. The Morgan fingerprint density at radius 3 is 2.82 bits per heavy atom. The minimum atomic E-state index is 0.632. The van der Waals surface area contributed by atoms with Gasteiger partial charge in [-0.25, -0.2) is 4.98 Å². The molecule has 0 saturated heterocycles. The molecule has 4 nitrogen and oxygen atoms in total. The van der Waals surface area contributed by atoms with E-state index in [4.69, 9.17) is 0 Å². The van der Waals surface area contributed by atoms with Gasteiger partial charge in [0.1, 0.15) is 5.82 Å². The lowest BCUT2D eigenvalue weighted by Crippen LogP contribution is -2.07. The first-order valence-electron chi connectivity index (χ1n) is 6.35. The highest BCUT2D eigenvalue weighted by Crippen LogP contribution is 2.28. The standard InChI is InChI=1S/C13H18N4/c1-11-14-7-9-16(11)10-12-6-8-17(15-12)13-4-2-3-5-13/h6-9,13H,2-5,10H2,1H3. The Balaban J connectivity index is 1.74. The van der Waals surface area contributed by atoms with Crippen LogP contribution in [-0.2, 0) is 6.54 Å². The van der Waals surface area contributed by atoms with Crippen molar-refractivity contribution >= 4 is 0 Å². The summed E-state index contributed by atoms with van der Waals surface area (Å²) >= 11 is 0. The fraction of sp³-hybridized carbons (Fsp3) is 0.538. The second-order valence-electron chi connectivity index (χ2n) is 4.83. The molecule has 90 valence electrons. The molecule has 2 aromatic rings. The van der Waals surface area contributed by atoms with Crippen LogP contribution in [0.1, 0.15) is 43.2 Å². The molecule has 1 aliphatic carbocycles. The van der Waals surface area contributed by atoms with Crippen molar-refractivity contribution in [3.05, 3.63) is 36.2 Å². The van der Waals surface area contributed by atoms with Crippen LogP contribution < -0.4 is 0 Å². The van der Waals surface area contributed by atoms with Crippen LogP contribution in [0.2, 0.25) is 0 Å². The zero-order valence-electron chi connectivity index (χ0n) is 10.2. The van der Waals surface area contributed by atoms with Gasteiger partial charge in [0.2, 0.25) is 0 Å². The molecule has 0 aliphatic heterocycles. The van der Waals surface area contributed by atoms with Gasteiger partial charge in [0.05, 0.1) is 18.3 Å². The molecule has 0 spiro atoms. The summed E-state index contributed by atoms with van der Waals surface area (Å²) < 4.78 is 4.27. The summed E-state index contributed by atoms with van der Waals surface area (Å²) in [6, 6.07) is 2.75. The third kappa shape index (κ3) is 2.12. The maximum atomic E-state index is 4.68. The predicted octanol–water partition coefficient (Wildman–Crippen LogP) is 2.55. The number of hydrogen-bond acceptors (Lipinski definition) is 2. The molecule has 0 amide bonds. The summed E-state index contributed by atoms with van der Waals surface area (Å²) in [4.78, 5) is 4.23. The normalized spacial score (nSPS) is 16.8. The average molecular weight is 230 g/mol. The number of aryl methyl sites for hydroxylation is 1. The maximum absolute atomic E-state index is 4.68. The largest absolute Gasteiger partial charge is 0.329 e. The van der Waals surface area contributed by atoms with E-state index in [1.807, 2.05) is 19.3 Å². The lowest BCUT2D eigenvalue weighted by Gasteiger charge is -2.09. The highest BCUT2D eigenvalue weighted by Gasteiger charge is 2.17. The van der Waals surface area contributed by atoms with Gasteiger partial charge in [0, 0.05) is 18.6 Å². The van der Waals surface area contributed by atoms with Gasteiger partial charge in [-0.1, -0.05) is 12.8 Å². The van der Waals surface area contributed by atoms with Crippen LogP contribution in [0.3, 0.4) is 0 Å². The van der Waals surface area contributed by atoms with E-state index in [0.717, 1.165) is 18.1 Å². The SMILES string of the molecule is Cc1nccn1Cc1ccn(C2CCCC2)n1. The van der Waals surface area contributed by atoms with Crippen LogP contribution in [0, 0.1) is 6.92 Å². The Morgan fingerprint density at radius 1 is 1.29 bits per heavy atom. The molecular formula is C13H18N4. The van der Waals surface area contributed by atoms with E-state index in [2.05, 4.69) is 31.6 Å². The van der Waals surface area contributed by atoms with Gasteiger partial charge >= 0.3 is 0 Å². The summed E-state index contributed by atoms with van der Waals surface area (Å²) in [5.74, 6) is 1.04. The van der Waals surface area contributed by atoms with Gasteiger partial charge in [-0.2, -0.15) is 5.10 Å². The van der Waals surface area contributed by atoms with Crippen LogP contribution in [0.15, 0.2) is 24.7 Å². The molecule has 4 heteroatoms. The van der Waals surface area contributed by atoms with E-state index in [0.29, 0.717) is 6.04 Å². The van der Waals surface area contributed by atoms with Crippen LogP contribution in [0.5, 0.6) is 0 Å². The summed E-state index contributed by atoms with van der Waals surface area (Å²) in [5, 5.41) is 4.68. The molecular weight excluding hydrogens is 212 g/mol. The Morgan fingerprint density at radius 2 is 2.12 bits per heavy atom. The lowest BCUT2D eigenvalue weighted by molar-refractivity contribution is 0.461. The third-order valence-corrected chi connectivity index (χ3v) is 3.62. The minimum Gasteiger partial charge on any atom is -0.329 e. The van der Waals surface area contributed by atoms with Crippen LogP contribution in [0.25, 0.3) is 0 Å². The average Bonchev–Trinajstić information content (AvgIpc) is 3.02. The monoisotopic (exact) mass is 230 g/mol. The van der Waals surface area contributed by atoms with E-state index < -0.39 is 0 Å². The quantitative estimate of drug-likeness (QED) is 0.812. The predicted molar refractivity (Wildman–Crippen MR) is 65.8 cm³/mol. The van der Waals surface area contributed by atoms with Crippen molar-refractivity contribution < 1.29 is 0 Å². The Kier molecular flexibility index (Phi) is 2.71. The molecule has 2 aromatic heterocycles. The van der Waals surface area contributed by atoms with Crippen molar-refractivity contribution in [2.75, 3.05) is 0 Å². The van der Waals surface area contributed by atoms with Crippen LogP contribution in [0.4, 0.5) is 0 Å². The molecule has 1 aliphatic rings. The number of rotatable bonds is 3. The molecule has 0 bridgehead atoms. The van der Waals surface area contributed by atoms with E-state index in [-0.39, 0.29) is 0 Å². The van der Waals surface area contributed by atoms with E-state index >= 15 is 0 Å². The molecule has 2 heterocycles. The van der Waals surface area contributed by atoms with Crippen molar-refractivity contribution in [3.63, 3.8) is 0 Å². The van der Waals surface area contributed by atoms with Gasteiger partial charge in [-0.3, -0.25) is 4.68 Å². The van der Waals surface area contributed by atoms with Crippen molar-refractivity contribution in [2.45, 2.75) is 45.2 Å². The van der Waals surface area contributed by atoms with Crippen molar-refractivity contribution in [2.24, 2.45) is 0 Å². The summed E-state index contributed by atoms with van der Waals surface area (Å²) in [6.07, 6.45) is 11.2. The summed E-state index contributed by atoms with van der Waals surface area (Å²) in [5.41, 5.74) is 1.12. The smallest absolute Gasteiger partial charge is 0.105 e. The topological polar surface area (TPSA) is 35.6 Å². The van der Waals surface area contributed by atoms with E-state index in [1.54, 1.807) is 0 Å². The number of aromatic nitrogens is 4. The van der Waals surface area contributed by atoms with Crippen LogP contribution >= 0.6 is 0 Å². The fourth-order valence-electron chi connectivity index (χ4n) is 2.58. The second-order valence-corrected chi connectivity index (χ2v) is 4.83. The van der Waals surface area contributed by atoms with Crippen molar-refractivity contribution in [1.82, 2.24) is 19.3 Å². The van der Waals surface area contributed by atoms with E-state index in [9.17, 15) is 0 Å². The minimum absolute atomic E-state index is 0.632. The molecule has 17 heavy (non-hydrogen) atoms. The zero-order valence-corrected chi connectivity index (χ0v) is 10.2. The highest BCUT2D eigenvalue weighted by atomic mass is 15.3. The molecule has 3 rings (SSSR count). The molecule has 0 atom stereocenters. The Labute approximate surface area is 101 Å². The zero-order chi connectivity index (χ0) is 11.7. The van der Waals surface area contributed by atoms with E-state index in [1.165, 1.54) is 25.7 Å². The van der Waals surface area contributed by atoms with Crippen molar-refractivity contribution in [3.8, 4) is 0 Å². The first-order valence-corrected chi connectivity index (χ1v) is 6.35. The number of imidazole rings is 1. The van der Waals surface area contributed by atoms with Crippen LogP contribution in [-0.4, -0.2) is 19.3 Å². The van der Waals surface area contributed by atoms with Gasteiger partial charge in [0.15, 0.2) is 0 Å². The molecule has 1 saturated carbocycles. The molecule has 0 aromatic carbocycles. The summed E-state index contributed by atoms with van der Waals surface area (Å²) in [7, 11) is 0. The Bertz CT molecular complexity index is 491. The fourth-order valence-corrected chi connectivity index (χ4v) is 2.58. The second kappa shape index (κ2) is 4.35. The maximum Gasteiger partial charge on any atom is 0.105 e. The molecule has 0 N–H and O–H groups in total. The van der Waals surface area contributed by atoms with Gasteiger partial charge in [-0.05, 0) is 25.8 Å². The number of hydrogen-bond donors (Lipinski definition) is 0. The third-order valence-electron chi connectivity index (χ3n) is 3.62. The van der Waals surface area contributed by atoms with Gasteiger partial charge < -0.3 is 4.57 Å². The molecule has 0 unspecified atom stereocenters. The Hall–Kier alpha value is -1.58. The first kappa shape index (κ1) is 10.6. The lowest BCUT2D eigenvalue weighted by atomic mass is 10.3. The van der Waals surface area contributed by atoms with Gasteiger partial charge in [-0.15, -0.1) is 0 Å². The van der Waals surface area contributed by atoms with Gasteiger partial charge in [0.25, 0.3) is 0 Å². The highest BCUT2D eigenvalue weighted by molar-refractivity contribution is 5.03. The first-order chi connectivity index (χ1) is 8.33. The number of nitrogens with zero attached hydrogens (tertiary/aromatic N) is 4. The summed E-state index contributed by atoms with van der Waals surface area (Å²) in [6.45, 7) is 2.85.